The van der Waals surface area contributed by atoms with Crippen LogP contribution < -0.4 is 4.74 Å². The number of ether oxygens (including phenoxy) is 2. The van der Waals surface area contributed by atoms with E-state index in [-0.39, 0.29) is 31.5 Å². The number of aromatic nitrogens is 2. The van der Waals surface area contributed by atoms with Crippen molar-refractivity contribution < 1.29 is 23.5 Å². The summed E-state index contributed by atoms with van der Waals surface area (Å²) in [5.41, 5.74) is 5.13. The number of allylic oxidation sites excluding steroid dienone is 1. The van der Waals surface area contributed by atoms with Crippen LogP contribution >= 0.6 is 11.6 Å². The number of fused-ring (bicyclic) bond motifs is 1. The van der Waals surface area contributed by atoms with E-state index in [4.69, 9.17) is 21.1 Å². The minimum absolute atomic E-state index is 0.0907. The molecule has 4 aromatic rings. The highest BCUT2D eigenvalue weighted by Gasteiger charge is 2.29. The Balaban J connectivity index is 1.32. The molecule has 48 heavy (non-hydrogen) atoms. The van der Waals surface area contributed by atoms with Crippen molar-refractivity contribution in [2.45, 2.75) is 39.7 Å². The summed E-state index contributed by atoms with van der Waals surface area (Å²) in [5, 5.41) is 1.59. The maximum Gasteiger partial charge on any atom is 0.410 e. The predicted octanol–water partition coefficient (Wildman–Crippen LogP) is 8.19. The number of para-hydroxylation sites is 1. The lowest BCUT2D eigenvalue weighted by Crippen LogP contribution is -2.50. The highest BCUT2D eigenvalue weighted by Crippen LogP contribution is 2.40. The summed E-state index contributed by atoms with van der Waals surface area (Å²) in [5.74, 6) is 0.102. The van der Waals surface area contributed by atoms with Gasteiger partial charge in [-0.15, -0.1) is 0 Å². The maximum atomic E-state index is 13.0. The number of pyridine rings is 1. The number of carbonyl (C=O) groups is 2. The second-order valence-corrected chi connectivity index (χ2v) is 13.1. The van der Waals surface area contributed by atoms with Crippen molar-refractivity contribution in [3.05, 3.63) is 107 Å². The topological polar surface area (TPSA) is 87.8 Å². The summed E-state index contributed by atoms with van der Waals surface area (Å²) in [4.78, 5) is 36.5. The largest absolute Gasteiger partial charge is 0.476 e. The number of benzene rings is 2. The molecule has 2 amide bonds. The smallest absolute Gasteiger partial charge is 0.410 e. The molecule has 5 rings (SSSR count). The zero-order valence-corrected chi connectivity index (χ0v) is 28.6. The van der Waals surface area contributed by atoms with Crippen LogP contribution in [0.2, 0.25) is 5.02 Å². The summed E-state index contributed by atoms with van der Waals surface area (Å²) in [6.45, 7) is 8.40. The van der Waals surface area contributed by atoms with E-state index in [1.165, 1.54) is 11.0 Å². The van der Waals surface area contributed by atoms with Crippen LogP contribution in [0.4, 0.5) is 9.18 Å². The molecular weight excluding hydrogens is 631 g/mol. The van der Waals surface area contributed by atoms with Gasteiger partial charge in [-0.1, -0.05) is 73.1 Å². The molecule has 8 nitrogen and oxygen atoms in total. The summed E-state index contributed by atoms with van der Waals surface area (Å²) in [6, 6.07) is 21.9. The van der Waals surface area contributed by atoms with Crippen LogP contribution in [0.15, 0.2) is 85.1 Å². The van der Waals surface area contributed by atoms with Gasteiger partial charge in [-0.3, -0.25) is 9.18 Å². The van der Waals surface area contributed by atoms with Crippen molar-refractivity contribution >= 4 is 45.7 Å². The van der Waals surface area contributed by atoms with Crippen LogP contribution in [-0.2, 0) is 9.53 Å². The third-order valence-electron chi connectivity index (χ3n) is 8.03. The van der Waals surface area contributed by atoms with Crippen LogP contribution in [0.25, 0.3) is 22.0 Å². The van der Waals surface area contributed by atoms with E-state index in [0.717, 1.165) is 45.3 Å². The van der Waals surface area contributed by atoms with Crippen LogP contribution in [0.3, 0.4) is 0 Å². The molecule has 0 bridgehead atoms. The first kappa shape index (κ1) is 34.7. The predicted molar refractivity (Wildman–Crippen MR) is 189 cm³/mol. The molecule has 252 valence electrons. The minimum Gasteiger partial charge on any atom is -0.476 e. The van der Waals surface area contributed by atoms with Crippen molar-refractivity contribution in [2.75, 3.05) is 39.5 Å². The Morgan fingerprint density at radius 3 is 2.44 bits per heavy atom. The van der Waals surface area contributed by atoms with Gasteiger partial charge in [-0.25, -0.2) is 9.78 Å². The number of rotatable bonds is 12. The van der Waals surface area contributed by atoms with Crippen molar-refractivity contribution in [3.8, 4) is 5.88 Å². The number of hydrogen-bond donors (Lipinski definition) is 1. The molecule has 0 spiro atoms. The van der Waals surface area contributed by atoms with Gasteiger partial charge in [0.25, 0.3) is 0 Å². The second kappa shape index (κ2) is 15.5. The van der Waals surface area contributed by atoms with E-state index >= 15 is 0 Å². The number of aromatic amines is 1. The Hall–Kier alpha value is -4.63. The fourth-order valence-corrected chi connectivity index (χ4v) is 5.91. The number of hydrogen-bond acceptors (Lipinski definition) is 5. The van der Waals surface area contributed by atoms with Gasteiger partial charge in [0.2, 0.25) is 11.8 Å². The standard InChI is InChI=1S/C38H42ClFN4O4/c1-5-29(27-12-7-6-8-13-27)34(36-35(39)30-14-9-10-15-31(30)42-36)28-17-18-32(41-23-28)47-21-20-43(37(46)48-38(2,3)4)19-11-16-33(45)44-24-26(22-40)25-44/h6-18,23,26,42H,5,19-22,24-25H2,1-4H3/b16-11+,34-29+. The summed E-state index contributed by atoms with van der Waals surface area (Å²) in [6.07, 6.45) is 5.04. The first-order valence-electron chi connectivity index (χ1n) is 16.2. The Morgan fingerprint density at radius 2 is 1.79 bits per heavy atom. The van der Waals surface area contributed by atoms with E-state index in [1.54, 1.807) is 44.0 Å². The summed E-state index contributed by atoms with van der Waals surface area (Å²) < 4.78 is 24.3. The first-order valence-corrected chi connectivity index (χ1v) is 16.6. The molecule has 1 N–H and O–H groups in total. The van der Waals surface area contributed by atoms with Gasteiger partial charge in [0.1, 0.15) is 12.2 Å². The first-order chi connectivity index (χ1) is 23.1. The molecule has 0 unspecified atom stereocenters. The number of halogens is 2. The molecule has 1 saturated heterocycles. The van der Waals surface area contributed by atoms with Gasteiger partial charge >= 0.3 is 6.09 Å². The quantitative estimate of drug-likeness (QED) is 0.153. The fraction of sp³-hybridized carbons (Fsp3) is 0.342. The Bertz CT molecular complexity index is 1770. The SMILES string of the molecule is CC/C(=C(/c1ccc(OCCN(C/C=C/C(=O)N2CC(CF)C2)C(=O)OC(C)(C)C)nc1)c1[nH]c2ccccc2c1Cl)c1ccccc1. The molecule has 1 aliphatic rings. The monoisotopic (exact) mass is 672 g/mol. The van der Waals surface area contributed by atoms with Crippen molar-refractivity contribution in [2.24, 2.45) is 5.92 Å². The Kier molecular flexibility index (Phi) is 11.2. The van der Waals surface area contributed by atoms with Gasteiger partial charge in [-0.2, -0.15) is 0 Å². The van der Waals surface area contributed by atoms with E-state index < -0.39 is 18.4 Å². The summed E-state index contributed by atoms with van der Waals surface area (Å²) in [7, 11) is 0. The van der Waals surface area contributed by atoms with Crippen molar-refractivity contribution in [1.29, 1.82) is 0 Å². The van der Waals surface area contributed by atoms with Gasteiger partial charge in [0.15, 0.2) is 0 Å². The molecule has 0 saturated carbocycles. The number of alkyl halides is 1. The lowest BCUT2D eigenvalue weighted by molar-refractivity contribution is -0.132. The van der Waals surface area contributed by atoms with Gasteiger partial charge in [0, 0.05) is 65.9 Å². The fourth-order valence-electron chi connectivity index (χ4n) is 5.61. The van der Waals surface area contributed by atoms with Gasteiger partial charge < -0.3 is 24.3 Å². The Labute approximate surface area is 286 Å². The second-order valence-electron chi connectivity index (χ2n) is 12.8. The zero-order chi connectivity index (χ0) is 34.3. The molecule has 10 heteroatoms. The van der Waals surface area contributed by atoms with Crippen LogP contribution in [0.5, 0.6) is 5.88 Å². The number of nitrogens with one attached hydrogen (secondary N) is 1. The lowest BCUT2D eigenvalue weighted by Gasteiger charge is -2.37. The van der Waals surface area contributed by atoms with Crippen molar-refractivity contribution in [3.63, 3.8) is 0 Å². The molecular formula is C38H42ClFN4O4. The third-order valence-corrected chi connectivity index (χ3v) is 8.42. The molecule has 1 fully saturated rings. The number of nitrogens with zero attached hydrogens (tertiary/aromatic N) is 3. The number of likely N-dealkylation sites (tertiary alicyclic amines) is 1. The van der Waals surface area contributed by atoms with Crippen LogP contribution in [0.1, 0.15) is 50.9 Å². The van der Waals surface area contributed by atoms with E-state index in [1.807, 2.05) is 48.5 Å². The molecule has 0 atom stereocenters. The molecule has 2 aromatic heterocycles. The zero-order valence-electron chi connectivity index (χ0n) is 27.8. The number of H-pyrrole nitrogens is 1. The van der Waals surface area contributed by atoms with E-state index in [9.17, 15) is 14.0 Å². The van der Waals surface area contributed by atoms with Gasteiger partial charge in [-0.05, 0) is 50.5 Å². The van der Waals surface area contributed by atoms with Crippen molar-refractivity contribution in [1.82, 2.24) is 19.8 Å². The van der Waals surface area contributed by atoms with Crippen LogP contribution in [0, 0.1) is 5.92 Å². The number of carbonyl (C=O) groups excluding carboxylic acids is 2. The molecule has 1 aliphatic heterocycles. The molecule has 0 radical (unpaired) electrons. The molecule has 3 heterocycles. The minimum atomic E-state index is -0.692. The van der Waals surface area contributed by atoms with E-state index in [2.05, 4.69) is 29.0 Å². The normalized spacial score (nSPS) is 14.2. The Morgan fingerprint density at radius 1 is 1.06 bits per heavy atom. The highest BCUT2D eigenvalue weighted by molar-refractivity contribution is 6.38. The average molecular weight is 673 g/mol. The maximum absolute atomic E-state index is 13.0. The molecule has 0 aliphatic carbocycles. The number of amides is 2. The van der Waals surface area contributed by atoms with E-state index in [0.29, 0.717) is 24.0 Å². The third kappa shape index (κ3) is 8.44. The van der Waals surface area contributed by atoms with Gasteiger partial charge in [0.05, 0.1) is 23.9 Å². The molecule has 2 aromatic carbocycles. The average Bonchev–Trinajstić information content (AvgIpc) is 3.38. The lowest BCUT2D eigenvalue weighted by atomic mass is 9.91. The van der Waals surface area contributed by atoms with Crippen LogP contribution in [-0.4, -0.2) is 76.8 Å². The summed E-state index contributed by atoms with van der Waals surface area (Å²) >= 11 is 6.98. The highest BCUT2D eigenvalue weighted by atomic mass is 35.5.